The summed E-state index contributed by atoms with van der Waals surface area (Å²) in [7, 11) is 0. The molecule has 0 atom stereocenters. The molecule has 0 saturated heterocycles. The fourth-order valence-electron chi connectivity index (χ4n) is 1.78. The Hall–Kier alpha value is -2.28. The molecule has 1 aromatic carbocycles. The smallest absolute Gasteiger partial charge is 0.417 e. The van der Waals surface area contributed by atoms with Crippen LogP contribution >= 0.6 is 11.6 Å². The summed E-state index contributed by atoms with van der Waals surface area (Å²) in [5, 5.41) is 12.3. The number of carboxylic acids is 1. The van der Waals surface area contributed by atoms with Gasteiger partial charge in [-0.3, -0.25) is 0 Å². The van der Waals surface area contributed by atoms with E-state index in [4.69, 9.17) is 16.7 Å². The Bertz CT molecular complexity index is 733. The molecule has 0 radical (unpaired) electrons. The maximum atomic E-state index is 12.6. The van der Waals surface area contributed by atoms with Gasteiger partial charge < -0.3 is 10.4 Å². The van der Waals surface area contributed by atoms with Crippen molar-refractivity contribution in [1.29, 1.82) is 0 Å². The van der Waals surface area contributed by atoms with E-state index in [0.717, 1.165) is 0 Å². The number of pyridine rings is 1. The Morgan fingerprint density at radius 1 is 1.32 bits per heavy atom. The second kappa shape index (κ2) is 5.84. The third kappa shape index (κ3) is 3.48. The normalized spacial score (nSPS) is 11.3. The first-order chi connectivity index (χ1) is 10.2. The summed E-state index contributed by atoms with van der Waals surface area (Å²) in [6.45, 7) is 1.72. The molecular formula is C14H10ClF3N2O2. The molecule has 0 unspecified atom stereocenters. The van der Waals surface area contributed by atoms with Crippen molar-refractivity contribution >= 4 is 29.1 Å². The van der Waals surface area contributed by atoms with Gasteiger partial charge in [0.15, 0.2) is 0 Å². The zero-order chi connectivity index (χ0) is 16.5. The predicted octanol–water partition coefficient (Wildman–Crippen LogP) is 4.50. The second-order valence-electron chi connectivity index (χ2n) is 4.51. The number of aryl methyl sites for hydroxylation is 1. The van der Waals surface area contributed by atoms with E-state index in [1.54, 1.807) is 25.1 Å². The number of aromatic nitrogens is 1. The van der Waals surface area contributed by atoms with Crippen LogP contribution in [0.2, 0.25) is 5.02 Å². The van der Waals surface area contributed by atoms with Crippen molar-refractivity contribution in [3.63, 3.8) is 0 Å². The molecule has 2 rings (SSSR count). The van der Waals surface area contributed by atoms with E-state index in [9.17, 15) is 18.0 Å². The molecule has 2 N–H and O–H groups in total. The number of hydrogen-bond acceptors (Lipinski definition) is 3. The van der Waals surface area contributed by atoms with Crippen LogP contribution in [0, 0.1) is 6.92 Å². The molecule has 0 fully saturated rings. The molecule has 0 aliphatic heterocycles. The molecule has 2 aromatic rings. The Balaban J connectivity index is 2.44. The first-order valence-corrected chi connectivity index (χ1v) is 6.40. The number of nitrogens with one attached hydrogen (secondary N) is 1. The molecule has 4 nitrogen and oxygen atoms in total. The molecule has 0 aliphatic carbocycles. The van der Waals surface area contributed by atoms with Crippen molar-refractivity contribution < 1.29 is 23.1 Å². The predicted molar refractivity (Wildman–Crippen MR) is 75.7 cm³/mol. The van der Waals surface area contributed by atoms with Gasteiger partial charge in [-0.2, -0.15) is 13.2 Å². The maximum Gasteiger partial charge on any atom is 0.417 e. The highest BCUT2D eigenvalue weighted by atomic mass is 35.5. The minimum Gasteiger partial charge on any atom is -0.478 e. The SMILES string of the molecule is Cc1cc(Cl)ccc1Nc1ncc(C(F)(F)F)cc1C(=O)O. The van der Waals surface area contributed by atoms with E-state index in [0.29, 0.717) is 28.5 Å². The quantitative estimate of drug-likeness (QED) is 0.869. The summed E-state index contributed by atoms with van der Waals surface area (Å²) in [6, 6.07) is 5.33. The molecule has 22 heavy (non-hydrogen) atoms. The Morgan fingerprint density at radius 3 is 2.55 bits per heavy atom. The first-order valence-electron chi connectivity index (χ1n) is 6.02. The first kappa shape index (κ1) is 16.1. The van der Waals surface area contributed by atoms with Gasteiger partial charge in [-0.15, -0.1) is 0 Å². The van der Waals surface area contributed by atoms with Crippen molar-refractivity contribution in [2.24, 2.45) is 0 Å². The number of halogens is 4. The van der Waals surface area contributed by atoms with Crippen LogP contribution < -0.4 is 5.32 Å². The lowest BCUT2D eigenvalue weighted by Gasteiger charge is -2.13. The number of anilines is 2. The number of nitrogens with zero attached hydrogens (tertiary/aromatic N) is 1. The molecule has 0 saturated carbocycles. The lowest BCUT2D eigenvalue weighted by molar-refractivity contribution is -0.137. The second-order valence-corrected chi connectivity index (χ2v) is 4.94. The number of carboxylic acid groups (broad SMARTS) is 1. The Morgan fingerprint density at radius 2 is 2.00 bits per heavy atom. The summed E-state index contributed by atoms with van der Waals surface area (Å²) in [6.07, 6.45) is -4.08. The molecule has 0 bridgehead atoms. The van der Waals surface area contributed by atoms with Crippen LogP contribution in [-0.4, -0.2) is 16.1 Å². The third-order valence-electron chi connectivity index (χ3n) is 2.89. The molecular weight excluding hydrogens is 321 g/mol. The van der Waals surface area contributed by atoms with E-state index in [1.165, 1.54) is 0 Å². The summed E-state index contributed by atoms with van der Waals surface area (Å²) in [5.74, 6) is -1.68. The topological polar surface area (TPSA) is 62.2 Å². The standard InChI is InChI=1S/C14H10ClF3N2O2/c1-7-4-9(15)2-3-11(7)20-12-10(13(21)22)5-8(6-19-12)14(16,17)18/h2-6H,1H3,(H,19,20)(H,21,22). The molecule has 0 amide bonds. The molecule has 1 heterocycles. The summed E-state index contributed by atoms with van der Waals surface area (Å²) in [5.41, 5.74) is -0.489. The number of benzene rings is 1. The molecule has 116 valence electrons. The highest BCUT2D eigenvalue weighted by molar-refractivity contribution is 6.30. The summed E-state index contributed by atoms with van der Waals surface area (Å²) < 4.78 is 37.9. The van der Waals surface area contributed by atoms with Gasteiger partial charge in [0.2, 0.25) is 0 Å². The Kier molecular flexibility index (Phi) is 4.27. The van der Waals surface area contributed by atoms with E-state index in [-0.39, 0.29) is 5.82 Å². The van der Waals surface area contributed by atoms with Crippen LogP contribution in [0.1, 0.15) is 21.5 Å². The molecule has 1 aromatic heterocycles. The van der Waals surface area contributed by atoms with Gasteiger partial charge in [0.25, 0.3) is 0 Å². The van der Waals surface area contributed by atoms with Gasteiger partial charge in [0, 0.05) is 16.9 Å². The minimum absolute atomic E-state index is 0.175. The van der Waals surface area contributed by atoms with Crippen molar-refractivity contribution in [3.8, 4) is 0 Å². The number of carbonyl (C=O) groups is 1. The van der Waals surface area contributed by atoms with Crippen LogP contribution in [-0.2, 0) is 6.18 Å². The van der Waals surface area contributed by atoms with Gasteiger partial charge in [-0.05, 0) is 36.8 Å². The average molecular weight is 331 g/mol. The average Bonchev–Trinajstić information content (AvgIpc) is 2.40. The fourth-order valence-corrected chi connectivity index (χ4v) is 2.00. The lowest BCUT2D eigenvalue weighted by atomic mass is 10.1. The highest BCUT2D eigenvalue weighted by Gasteiger charge is 2.32. The van der Waals surface area contributed by atoms with Crippen molar-refractivity contribution in [2.75, 3.05) is 5.32 Å². The van der Waals surface area contributed by atoms with Gasteiger partial charge in [0.1, 0.15) is 11.4 Å². The zero-order valence-corrected chi connectivity index (χ0v) is 12.0. The van der Waals surface area contributed by atoms with E-state index < -0.39 is 23.3 Å². The monoisotopic (exact) mass is 330 g/mol. The van der Waals surface area contributed by atoms with Crippen LogP contribution in [0.15, 0.2) is 30.5 Å². The van der Waals surface area contributed by atoms with Crippen molar-refractivity contribution in [2.45, 2.75) is 13.1 Å². The van der Waals surface area contributed by atoms with E-state index in [1.807, 2.05) is 0 Å². The summed E-state index contributed by atoms with van der Waals surface area (Å²) in [4.78, 5) is 14.7. The van der Waals surface area contributed by atoms with Gasteiger partial charge in [0.05, 0.1) is 5.56 Å². The maximum absolute atomic E-state index is 12.6. The van der Waals surface area contributed by atoms with Crippen LogP contribution in [0.25, 0.3) is 0 Å². The molecule has 0 aliphatic rings. The highest BCUT2D eigenvalue weighted by Crippen LogP contribution is 2.32. The van der Waals surface area contributed by atoms with Gasteiger partial charge in [-0.1, -0.05) is 11.6 Å². The van der Waals surface area contributed by atoms with Crippen LogP contribution in [0.4, 0.5) is 24.7 Å². The van der Waals surface area contributed by atoms with Crippen LogP contribution in [0.5, 0.6) is 0 Å². The number of rotatable bonds is 3. The third-order valence-corrected chi connectivity index (χ3v) is 3.12. The van der Waals surface area contributed by atoms with Crippen molar-refractivity contribution in [3.05, 3.63) is 52.2 Å². The molecule has 0 spiro atoms. The van der Waals surface area contributed by atoms with Gasteiger partial charge >= 0.3 is 12.1 Å². The zero-order valence-electron chi connectivity index (χ0n) is 11.2. The fraction of sp³-hybridized carbons (Fsp3) is 0.143. The number of aromatic carboxylic acids is 1. The Labute approximate surface area is 128 Å². The minimum atomic E-state index is -4.66. The summed E-state index contributed by atoms with van der Waals surface area (Å²) >= 11 is 5.81. The van der Waals surface area contributed by atoms with Gasteiger partial charge in [-0.25, -0.2) is 9.78 Å². The number of hydrogen-bond donors (Lipinski definition) is 2. The van der Waals surface area contributed by atoms with E-state index >= 15 is 0 Å². The number of alkyl halides is 3. The van der Waals surface area contributed by atoms with Crippen molar-refractivity contribution in [1.82, 2.24) is 4.98 Å². The van der Waals surface area contributed by atoms with E-state index in [2.05, 4.69) is 10.3 Å². The molecule has 8 heteroatoms. The van der Waals surface area contributed by atoms with Crippen LogP contribution in [0.3, 0.4) is 0 Å². The largest absolute Gasteiger partial charge is 0.478 e. The lowest BCUT2D eigenvalue weighted by Crippen LogP contribution is -2.11.